The van der Waals surface area contributed by atoms with E-state index in [0.717, 1.165) is 43.6 Å². The van der Waals surface area contributed by atoms with Crippen LogP contribution >= 0.6 is 0 Å². The minimum atomic E-state index is -3.04. The first-order valence-corrected chi connectivity index (χ1v) is 10.2. The average Bonchev–Trinajstić information content (AvgIpc) is 2.93. The lowest BCUT2D eigenvalue weighted by Crippen LogP contribution is -2.44. The van der Waals surface area contributed by atoms with E-state index in [1.807, 2.05) is 0 Å². The summed E-state index contributed by atoms with van der Waals surface area (Å²) in [5.41, 5.74) is 1.20. The van der Waals surface area contributed by atoms with Crippen molar-refractivity contribution in [1.82, 2.24) is 5.32 Å². The third-order valence-electron chi connectivity index (χ3n) is 5.13. The molecule has 1 heterocycles. The molecule has 0 unspecified atom stereocenters. The standard InChI is InChI=1S/C17H24N2O3S/c1-23(21,22)11-13-5-7-15(8-6-13)19-16(20)17-9-3-2-4-14(17)10-18-12-17/h5-8,14,18H,2-4,9-12H2,1H3,(H,19,20)/t14-,17+/m0/s1. The number of rotatable bonds is 4. The van der Waals surface area contributed by atoms with Gasteiger partial charge in [0, 0.05) is 18.5 Å². The van der Waals surface area contributed by atoms with Crippen molar-refractivity contribution in [1.29, 1.82) is 0 Å². The largest absolute Gasteiger partial charge is 0.326 e. The highest BCUT2D eigenvalue weighted by atomic mass is 32.2. The van der Waals surface area contributed by atoms with E-state index in [-0.39, 0.29) is 17.1 Å². The Morgan fingerprint density at radius 2 is 2.04 bits per heavy atom. The van der Waals surface area contributed by atoms with Gasteiger partial charge in [-0.3, -0.25) is 4.79 Å². The van der Waals surface area contributed by atoms with Crippen LogP contribution in [0.4, 0.5) is 5.69 Å². The lowest BCUT2D eigenvalue weighted by atomic mass is 9.67. The number of sulfone groups is 1. The SMILES string of the molecule is CS(=O)(=O)Cc1ccc(NC(=O)[C@@]23CCCC[C@H]2CNC3)cc1. The molecule has 2 N–H and O–H groups in total. The van der Waals surface area contributed by atoms with Gasteiger partial charge in [0.05, 0.1) is 11.2 Å². The fraction of sp³-hybridized carbons (Fsp3) is 0.588. The quantitative estimate of drug-likeness (QED) is 0.881. The van der Waals surface area contributed by atoms with Crippen LogP contribution in [0.2, 0.25) is 0 Å². The molecule has 2 aliphatic rings. The lowest BCUT2D eigenvalue weighted by molar-refractivity contribution is -0.128. The molecule has 1 aliphatic carbocycles. The topological polar surface area (TPSA) is 75.3 Å². The van der Waals surface area contributed by atoms with Gasteiger partial charge in [0.2, 0.25) is 5.91 Å². The Morgan fingerprint density at radius 1 is 1.30 bits per heavy atom. The first-order valence-electron chi connectivity index (χ1n) is 8.18. The Labute approximate surface area is 137 Å². The molecule has 1 saturated carbocycles. The zero-order chi connectivity index (χ0) is 16.5. The van der Waals surface area contributed by atoms with Crippen LogP contribution in [0.1, 0.15) is 31.2 Å². The molecule has 2 fully saturated rings. The van der Waals surface area contributed by atoms with Crippen LogP contribution in [0.3, 0.4) is 0 Å². The molecule has 1 amide bonds. The molecule has 1 aliphatic heterocycles. The molecule has 1 saturated heterocycles. The minimum absolute atomic E-state index is 0.0250. The van der Waals surface area contributed by atoms with Crippen molar-refractivity contribution >= 4 is 21.4 Å². The van der Waals surface area contributed by atoms with Crippen molar-refractivity contribution in [2.45, 2.75) is 31.4 Å². The fourth-order valence-electron chi connectivity index (χ4n) is 3.93. The summed E-state index contributed by atoms with van der Waals surface area (Å²) in [5.74, 6) is 0.556. The van der Waals surface area contributed by atoms with Crippen LogP contribution in [0.5, 0.6) is 0 Å². The van der Waals surface area contributed by atoms with Gasteiger partial charge >= 0.3 is 0 Å². The zero-order valence-corrected chi connectivity index (χ0v) is 14.3. The highest BCUT2D eigenvalue weighted by Crippen LogP contribution is 2.44. The van der Waals surface area contributed by atoms with Gasteiger partial charge in [0.1, 0.15) is 0 Å². The second kappa shape index (κ2) is 6.24. The highest BCUT2D eigenvalue weighted by molar-refractivity contribution is 7.89. The Kier molecular flexibility index (Phi) is 4.47. The monoisotopic (exact) mass is 336 g/mol. The van der Waals surface area contributed by atoms with Gasteiger partial charge < -0.3 is 10.6 Å². The Hall–Kier alpha value is -1.40. The summed E-state index contributed by atoms with van der Waals surface area (Å²) >= 11 is 0. The summed E-state index contributed by atoms with van der Waals surface area (Å²) in [4.78, 5) is 12.8. The molecule has 3 rings (SSSR count). The lowest BCUT2D eigenvalue weighted by Gasteiger charge is -2.37. The smallest absolute Gasteiger partial charge is 0.232 e. The van der Waals surface area contributed by atoms with Gasteiger partial charge in [-0.15, -0.1) is 0 Å². The number of carbonyl (C=O) groups is 1. The predicted molar refractivity (Wildman–Crippen MR) is 90.9 cm³/mol. The third kappa shape index (κ3) is 3.58. The van der Waals surface area contributed by atoms with Crippen LogP contribution < -0.4 is 10.6 Å². The molecule has 1 aromatic rings. The maximum Gasteiger partial charge on any atom is 0.232 e. The van der Waals surface area contributed by atoms with Gasteiger partial charge in [0.25, 0.3) is 0 Å². The van der Waals surface area contributed by atoms with Gasteiger partial charge in [-0.05, 0) is 43.0 Å². The van der Waals surface area contributed by atoms with Crippen molar-refractivity contribution in [3.8, 4) is 0 Å². The Bertz CT molecular complexity index is 684. The molecule has 1 aromatic carbocycles. The molecule has 5 nitrogen and oxygen atoms in total. The van der Waals surface area contributed by atoms with Gasteiger partial charge in [-0.1, -0.05) is 25.0 Å². The number of hydrogen-bond donors (Lipinski definition) is 2. The first kappa shape index (κ1) is 16.5. The van der Waals surface area contributed by atoms with Gasteiger partial charge in [0.15, 0.2) is 9.84 Å². The summed E-state index contributed by atoms with van der Waals surface area (Å²) in [6.07, 6.45) is 5.61. The van der Waals surface area contributed by atoms with E-state index in [2.05, 4.69) is 10.6 Å². The summed E-state index contributed by atoms with van der Waals surface area (Å²) in [6.45, 7) is 1.69. The van der Waals surface area contributed by atoms with E-state index in [1.54, 1.807) is 24.3 Å². The normalized spacial score (nSPS) is 27.4. The van der Waals surface area contributed by atoms with Crippen LogP contribution in [0, 0.1) is 11.3 Å². The molecular weight excluding hydrogens is 312 g/mol. The van der Waals surface area contributed by atoms with Crippen molar-refractivity contribution in [2.24, 2.45) is 11.3 Å². The number of benzene rings is 1. The number of anilines is 1. The molecule has 2 atom stereocenters. The number of amides is 1. The second-order valence-electron chi connectivity index (χ2n) is 6.95. The maximum atomic E-state index is 12.8. The summed E-state index contributed by atoms with van der Waals surface area (Å²) in [5, 5.41) is 6.41. The molecule has 0 spiro atoms. The van der Waals surface area contributed by atoms with Crippen molar-refractivity contribution in [2.75, 3.05) is 24.7 Å². The van der Waals surface area contributed by atoms with E-state index in [0.29, 0.717) is 5.92 Å². The molecule has 126 valence electrons. The Balaban J connectivity index is 1.70. The first-order chi connectivity index (χ1) is 10.9. The van der Waals surface area contributed by atoms with E-state index in [1.165, 1.54) is 12.7 Å². The van der Waals surface area contributed by atoms with E-state index in [9.17, 15) is 13.2 Å². The van der Waals surface area contributed by atoms with Gasteiger partial charge in [-0.2, -0.15) is 0 Å². The number of carbonyl (C=O) groups excluding carboxylic acids is 1. The highest BCUT2D eigenvalue weighted by Gasteiger charge is 2.49. The minimum Gasteiger partial charge on any atom is -0.326 e. The average molecular weight is 336 g/mol. The Morgan fingerprint density at radius 3 is 2.74 bits per heavy atom. The third-order valence-corrected chi connectivity index (χ3v) is 5.99. The maximum absolute atomic E-state index is 12.8. The van der Waals surface area contributed by atoms with Crippen LogP contribution in [0.15, 0.2) is 24.3 Å². The van der Waals surface area contributed by atoms with E-state index < -0.39 is 9.84 Å². The number of nitrogens with one attached hydrogen (secondary N) is 2. The molecular formula is C17H24N2O3S. The van der Waals surface area contributed by atoms with Crippen molar-refractivity contribution in [3.05, 3.63) is 29.8 Å². The number of fused-ring (bicyclic) bond motifs is 1. The predicted octanol–water partition coefficient (Wildman–Crippen LogP) is 1.95. The molecule has 6 heteroatoms. The van der Waals surface area contributed by atoms with Crippen LogP contribution in [-0.2, 0) is 20.4 Å². The molecule has 0 radical (unpaired) electrons. The van der Waals surface area contributed by atoms with Crippen molar-refractivity contribution < 1.29 is 13.2 Å². The zero-order valence-electron chi connectivity index (χ0n) is 13.5. The molecule has 0 bridgehead atoms. The molecule has 0 aromatic heterocycles. The summed E-state index contributed by atoms with van der Waals surface area (Å²) in [7, 11) is -3.04. The van der Waals surface area contributed by atoms with E-state index >= 15 is 0 Å². The second-order valence-corrected chi connectivity index (χ2v) is 9.09. The van der Waals surface area contributed by atoms with Crippen molar-refractivity contribution in [3.63, 3.8) is 0 Å². The van der Waals surface area contributed by atoms with Crippen LogP contribution in [-0.4, -0.2) is 33.7 Å². The van der Waals surface area contributed by atoms with Crippen LogP contribution in [0.25, 0.3) is 0 Å². The van der Waals surface area contributed by atoms with Gasteiger partial charge in [-0.25, -0.2) is 8.42 Å². The van der Waals surface area contributed by atoms with E-state index in [4.69, 9.17) is 0 Å². The summed E-state index contributed by atoms with van der Waals surface area (Å²) < 4.78 is 22.6. The summed E-state index contributed by atoms with van der Waals surface area (Å²) in [6, 6.07) is 7.10. The number of hydrogen-bond acceptors (Lipinski definition) is 4. The molecule has 23 heavy (non-hydrogen) atoms. The fourth-order valence-corrected chi connectivity index (χ4v) is 4.73.